The van der Waals surface area contributed by atoms with Gasteiger partial charge >= 0.3 is 5.97 Å². The molecule has 1 aliphatic rings. The second kappa shape index (κ2) is 11.7. The summed E-state index contributed by atoms with van der Waals surface area (Å²) in [6, 6.07) is 16.6. The van der Waals surface area contributed by atoms with Crippen LogP contribution in [0.25, 0.3) is 17.1 Å². The molecule has 214 valence electrons. The molecule has 1 N–H and O–H groups in total. The highest BCUT2D eigenvalue weighted by atomic mass is 16.5. The van der Waals surface area contributed by atoms with Crippen molar-refractivity contribution in [3.63, 3.8) is 0 Å². The van der Waals surface area contributed by atoms with E-state index in [1.807, 2.05) is 51.1 Å². The Morgan fingerprint density at radius 3 is 2.56 bits per heavy atom. The molecular formula is C33H38N4O4. The van der Waals surface area contributed by atoms with Gasteiger partial charge in [0.15, 0.2) is 5.82 Å². The summed E-state index contributed by atoms with van der Waals surface area (Å²) < 4.78 is 13.8. The van der Waals surface area contributed by atoms with Gasteiger partial charge in [0.25, 0.3) is 0 Å². The number of rotatable bonds is 9. The number of carboxylic acids is 1. The first kappa shape index (κ1) is 28.4. The van der Waals surface area contributed by atoms with Gasteiger partial charge in [0.2, 0.25) is 5.88 Å². The van der Waals surface area contributed by atoms with E-state index in [9.17, 15) is 9.90 Å². The van der Waals surface area contributed by atoms with Crippen LogP contribution in [0.2, 0.25) is 0 Å². The zero-order chi connectivity index (χ0) is 29.3. The van der Waals surface area contributed by atoms with E-state index in [0.29, 0.717) is 24.2 Å². The van der Waals surface area contributed by atoms with Crippen LogP contribution in [0.3, 0.4) is 0 Å². The fraction of sp³-hybridized carbons (Fsp3) is 0.364. The van der Waals surface area contributed by atoms with E-state index in [4.69, 9.17) is 14.5 Å². The highest BCUT2D eigenvalue weighted by molar-refractivity contribution is 5.90. The zero-order valence-corrected chi connectivity index (χ0v) is 24.6. The molecule has 0 spiro atoms. The van der Waals surface area contributed by atoms with Crippen LogP contribution in [0.1, 0.15) is 65.9 Å². The summed E-state index contributed by atoms with van der Waals surface area (Å²) in [6.45, 7) is 15.0. The summed E-state index contributed by atoms with van der Waals surface area (Å²) in [6.07, 6.45) is 2.11. The van der Waals surface area contributed by atoms with E-state index in [2.05, 4.69) is 42.9 Å². The molecule has 8 nitrogen and oxygen atoms in total. The van der Waals surface area contributed by atoms with Crippen molar-refractivity contribution in [1.29, 1.82) is 0 Å². The van der Waals surface area contributed by atoms with Crippen LogP contribution in [0.5, 0.6) is 11.6 Å². The number of aromatic carboxylic acids is 1. The van der Waals surface area contributed by atoms with Crippen LogP contribution in [0.15, 0.2) is 54.7 Å². The summed E-state index contributed by atoms with van der Waals surface area (Å²) in [5.74, 6) is 0.272. The molecule has 0 bridgehead atoms. The summed E-state index contributed by atoms with van der Waals surface area (Å²) in [5.41, 5.74) is 7.90. The van der Waals surface area contributed by atoms with Crippen molar-refractivity contribution in [2.24, 2.45) is 0 Å². The third-order valence-corrected chi connectivity index (χ3v) is 7.67. The van der Waals surface area contributed by atoms with Gasteiger partial charge in [0.1, 0.15) is 17.9 Å². The Hall–Kier alpha value is -4.17. The Balaban J connectivity index is 1.44. The molecule has 0 radical (unpaired) electrons. The SMILES string of the molecule is Cc1cccc(-c2cccc(-n3ncc(C(=O)O)c3OC(C)C)n2)c1OCc1ccc2c(c1C)CCN(C(C)C)C2. The molecule has 0 unspecified atom stereocenters. The van der Waals surface area contributed by atoms with E-state index in [0.717, 1.165) is 36.4 Å². The van der Waals surface area contributed by atoms with Crippen LogP contribution in [-0.2, 0) is 19.6 Å². The number of para-hydroxylation sites is 1. The molecule has 4 aromatic rings. The number of aryl methyl sites for hydroxylation is 1. The maximum Gasteiger partial charge on any atom is 0.342 e. The van der Waals surface area contributed by atoms with Crippen molar-refractivity contribution in [3.05, 3.63) is 88.1 Å². The number of ether oxygens (including phenoxy) is 2. The highest BCUT2D eigenvalue weighted by Crippen LogP contribution is 2.34. The Morgan fingerprint density at radius 1 is 1.05 bits per heavy atom. The minimum absolute atomic E-state index is 0.0113. The first-order chi connectivity index (χ1) is 19.6. The first-order valence-corrected chi connectivity index (χ1v) is 14.2. The van der Waals surface area contributed by atoms with E-state index < -0.39 is 5.97 Å². The van der Waals surface area contributed by atoms with E-state index in [1.54, 1.807) is 6.07 Å². The van der Waals surface area contributed by atoms with Gasteiger partial charge in [0, 0.05) is 24.7 Å². The molecule has 0 saturated heterocycles. The molecule has 0 amide bonds. The normalized spacial score (nSPS) is 13.5. The number of carboxylic acid groups (broad SMARTS) is 1. The standard InChI is InChI=1S/C33H38N4O4/c1-20(2)36-16-15-26-23(6)25(14-13-24(26)18-36)19-40-31-22(5)9-7-10-27(31)29-11-8-12-30(35-29)37-32(41-21(3)4)28(17-34-37)33(38)39/h7-14,17,20-21H,15-16,18-19H2,1-6H3,(H,38,39). The minimum atomic E-state index is -1.10. The van der Waals surface area contributed by atoms with Crippen LogP contribution < -0.4 is 9.47 Å². The number of carbonyl (C=O) groups is 1. The predicted molar refractivity (Wildman–Crippen MR) is 159 cm³/mol. The maximum atomic E-state index is 11.8. The smallest absolute Gasteiger partial charge is 0.342 e. The molecule has 41 heavy (non-hydrogen) atoms. The van der Waals surface area contributed by atoms with Gasteiger partial charge < -0.3 is 14.6 Å². The van der Waals surface area contributed by atoms with Crippen molar-refractivity contribution in [2.45, 2.75) is 73.3 Å². The lowest BCUT2D eigenvalue weighted by Crippen LogP contribution is -2.36. The quantitative estimate of drug-likeness (QED) is 0.257. The molecule has 0 saturated carbocycles. The molecule has 2 aromatic heterocycles. The largest absolute Gasteiger partial charge is 0.488 e. The second-order valence-electron chi connectivity index (χ2n) is 11.2. The van der Waals surface area contributed by atoms with Gasteiger partial charge in [-0.3, -0.25) is 4.90 Å². The van der Waals surface area contributed by atoms with Crippen molar-refractivity contribution in [1.82, 2.24) is 19.7 Å². The third kappa shape index (κ3) is 5.84. The number of pyridine rings is 1. The second-order valence-corrected chi connectivity index (χ2v) is 11.2. The van der Waals surface area contributed by atoms with Crippen LogP contribution in [0.4, 0.5) is 0 Å². The summed E-state index contributed by atoms with van der Waals surface area (Å²) >= 11 is 0. The Bertz CT molecular complexity index is 1570. The zero-order valence-electron chi connectivity index (χ0n) is 24.6. The first-order valence-electron chi connectivity index (χ1n) is 14.2. The van der Waals surface area contributed by atoms with E-state index >= 15 is 0 Å². The Kier molecular flexibility index (Phi) is 8.13. The average molecular weight is 555 g/mol. The summed E-state index contributed by atoms with van der Waals surface area (Å²) in [7, 11) is 0. The van der Waals surface area contributed by atoms with Crippen molar-refractivity contribution in [3.8, 4) is 28.7 Å². The van der Waals surface area contributed by atoms with Gasteiger partial charge in [-0.2, -0.15) is 9.78 Å². The number of aromatic nitrogens is 3. The molecule has 0 fully saturated rings. The van der Waals surface area contributed by atoms with E-state index in [-0.39, 0.29) is 17.5 Å². The van der Waals surface area contributed by atoms with Crippen LogP contribution in [-0.4, -0.2) is 49.4 Å². The monoisotopic (exact) mass is 554 g/mol. The topological polar surface area (TPSA) is 89.7 Å². The lowest BCUT2D eigenvalue weighted by atomic mass is 9.91. The summed E-state index contributed by atoms with van der Waals surface area (Å²) in [4.78, 5) is 19.1. The third-order valence-electron chi connectivity index (χ3n) is 7.67. The van der Waals surface area contributed by atoms with Crippen LogP contribution >= 0.6 is 0 Å². The number of fused-ring (bicyclic) bond motifs is 1. The number of hydrogen-bond donors (Lipinski definition) is 1. The molecule has 8 heteroatoms. The van der Waals surface area contributed by atoms with Gasteiger partial charge in [-0.25, -0.2) is 9.78 Å². The molecular weight excluding hydrogens is 516 g/mol. The number of nitrogens with zero attached hydrogens (tertiary/aromatic N) is 4. The lowest BCUT2D eigenvalue weighted by Gasteiger charge is -2.33. The van der Waals surface area contributed by atoms with Crippen molar-refractivity contribution >= 4 is 5.97 Å². The van der Waals surface area contributed by atoms with Gasteiger partial charge in [-0.15, -0.1) is 0 Å². The predicted octanol–water partition coefficient (Wildman–Crippen LogP) is 6.38. The molecule has 5 rings (SSSR count). The fourth-order valence-corrected chi connectivity index (χ4v) is 5.38. The summed E-state index contributed by atoms with van der Waals surface area (Å²) in [5, 5.41) is 13.9. The van der Waals surface area contributed by atoms with E-state index in [1.165, 1.54) is 33.1 Å². The molecule has 1 aliphatic heterocycles. The number of hydrogen-bond acceptors (Lipinski definition) is 6. The van der Waals surface area contributed by atoms with Crippen molar-refractivity contribution < 1.29 is 19.4 Å². The minimum Gasteiger partial charge on any atom is -0.488 e. The van der Waals surface area contributed by atoms with Crippen molar-refractivity contribution in [2.75, 3.05) is 6.54 Å². The Morgan fingerprint density at radius 2 is 1.83 bits per heavy atom. The highest BCUT2D eigenvalue weighted by Gasteiger charge is 2.23. The van der Waals surface area contributed by atoms with Gasteiger partial charge in [-0.05, 0) is 94.0 Å². The number of benzene rings is 2. The Labute approximate surface area is 241 Å². The average Bonchev–Trinajstić information content (AvgIpc) is 3.36. The van der Waals surface area contributed by atoms with Crippen LogP contribution in [0, 0.1) is 13.8 Å². The molecule has 0 aliphatic carbocycles. The van der Waals surface area contributed by atoms with Gasteiger partial charge in [0.05, 0.1) is 18.0 Å². The molecule has 3 heterocycles. The fourth-order valence-electron chi connectivity index (χ4n) is 5.38. The maximum absolute atomic E-state index is 11.8. The molecule has 2 aromatic carbocycles. The van der Waals surface area contributed by atoms with Gasteiger partial charge in [-0.1, -0.05) is 30.3 Å². The molecule has 0 atom stereocenters. The lowest BCUT2D eigenvalue weighted by molar-refractivity contribution is 0.0690.